The van der Waals surface area contributed by atoms with Gasteiger partial charge in [0.1, 0.15) is 11.5 Å². The van der Waals surface area contributed by atoms with Gasteiger partial charge in [0.2, 0.25) is 0 Å². The number of ether oxygens (including phenoxy) is 2. The number of hydrogen-bond donors (Lipinski definition) is 0. The molecule has 0 N–H and O–H groups in total. The fourth-order valence-corrected chi connectivity index (χ4v) is 4.94. The van der Waals surface area contributed by atoms with Crippen molar-refractivity contribution in [3.8, 4) is 22.6 Å². The Morgan fingerprint density at radius 2 is 1.23 bits per heavy atom. The van der Waals surface area contributed by atoms with Crippen LogP contribution in [0.15, 0.2) is 72.8 Å². The summed E-state index contributed by atoms with van der Waals surface area (Å²) in [5.74, 6) is 1.83. The standard InChI is InChI=1S/C37H50O3/c1-5-7-8-12-15-30(4)39-35-27-23-34(24-28-35)37(38)40-36-25-21-33(22-26-36)32-19-17-31(18-20-32)16-13-10-9-11-14-29(3)6-2/h17-30H,5-16H2,1-4H3/t29-,30+/m0/s1. The van der Waals surface area contributed by atoms with Gasteiger partial charge in [-0.1, -0.05) is 109 Å². The highest BCUT2D eigenvalue weighted by Gasteiger charge is 2.11. The average Bonchev–Trinajstić information content (AvgIpc) is 2.98. The van der Waals surface area contributed by atoms with Crippen molar-refractivity contribution >= 4 is 5.97 Å². The van der Waals surface area contributed by atoms with Crippen molar-refractivity contribution in [2.45, 2.75) is 111 Å². The number of esters is 1. The van der Waals surface area contributed by atoms with E-state index in [-0.39, 0.29) is 12.1 Å². The Labute approximate surface area is 243 Å². The van der Waals surface area contributed by atoms with Gasteiger partial charge < -0.3 is 9.47 Å². The molecular formula is C37H50O3. The zero-order valence-corrected chi connectivity index (χ0v) is 25.3. The minimum atomic E-state index is -0.365. The van der Waals surface area contributed by atoms with Crippen molar-refractivity contribution in [2.75, 3.05) is 0 Å². The van der Waals surface area contributed by atoms with Gasteiger partial charge in [-0.3, -0.25) is 0 Å². The first-order valence-electron chi connectivity index (χ1n) is 15.7. The maximum atomic E-state index is 12.7. The van der Waals surface area contributed by atoms with Gasteiger partial charge in [0, 0.05) is 0 Å². The van der Waals surface area contributed by atoms with Crippen molar-refractivity contribution < 1.29 is 14.3 Å². The maximum Gasteiger partial charge on any atom is 0.343 e. The van der Waals surface area contributed by atoms with Gasteiger partial charge in [-0.2, -0.15) is 0 Å². The summed E-state index contributed by atoms with van der Waals surface area (Å²) in [6, 6.07) is 23.8. The Morgan fingerprint density at radius 3 is 1.88 bits per heavy atom. The van der Waals surface area contributed by atoms with E-state index in [1.807, 2.05) is 36.4 Å². The van der Waals surface area contributed by atoms with E-state index in [1.54, 1.807) is 12.1 Å². The molecule has 3 aromatic carbocycles. The fraction of sp³-hybridized carbons (Fsp3) is 0.486. The van der Waals surface area contributed by atoms with Crippen molar-refractivity contribution in [2.24, 2.45) is 5.92 Å². The van der Waals surface area contributed by atoms with Crippen molar-refractivity contribution in [3.63, 3.8) is 0 Å². The van der Waals surface area contributed by atoms with E-state index >= 15 is 0 Å². The second kappa shape index (κ2) is 17.6. The minimum absolute atomic E-state index is 0.165. The second-order valence-corrected chi connectivity index (χ2v) is 11.4. The van der Waals surface area contributed by atoms with Gasteiger partial charge in [-0.05, 0) is 91.6 Å². The van der Waals surface area contributed by atoms with Crippen molar-refractivity contribution in [3.05, 3.63) is 83.9 Å². The minimum Gasteiger partial charge on any atom is -0.491 e. The molecule has 2 atom stereocenters. The Bertz CT molecular complexity index is 1100. The van der Waals surface area contributed by atoms with Gasteiger partial charge in [-0.15, -0.1) is 0 Å². The summed E-state index contributed by atoms with van der Waals surface area (Å²) in [7, 11) is 0. The molecule has 0 fully saturated rings. The number of rotatable bonds is 18. The van der Waals surface area contributed by atoms with E-state index in [1.165, 1.54) is 75.3 Å². The predicted octanol–water partition coefficient (Wildman–Crippen LogP) is 10.8. The molecule has 40 heavy (non-hydrogen) atoms. The highest BCUT2D eigenvalue weighted by atomic mass is 16.5. The van der Waals surface area contributed by atoms with Gasteiger partial charge in [0.25, 0.3) is 0 Å². The lowest BCUT2D eigenvalue weighted by Gasteiger charge is -2.14. The predicted molar refractivity (Wildman–Crippen MR) is 168 cm³/mol. The molecule has 0 saturated heterocycles. The topological polar surface area (TPSA) is 35.5 Å². The molecule has 0 aromatic heterocycles. The van der Waals surface area contributed by atoms with Crippen LogP contribution in [0, 0.1) is 5.92 Å². The number of aryl methyl sites for hydroxylation is 1. The first-order chi connectivity index (χ1) is 19.5. The summed E-state index contributed by atoms with van der Waals surface area (Å²) >= 11 is 0. The molecule has 3 aromatic rings. The normalized spacial score (nSPS) is 12.6. The third-order valence-electron chi connectivity index (χ3n) is 7.85. The van der Waals surface area contributed by atoms with E-state index in [4.69, 9.17) is 9.47 Å². The number of benzene rings is 3. The summed E-state index contributed by atoms with van der Waals surface area (Å²) in [4.78, 5) is 12.7. The van der Waals surface area contributed by atoms with Gasteiger partial charge >= 0.3 is 5.97 Å². The first-order valence-corrected chi connectivity index (χ1v) is 15.7. The largest absolute Gasteiger partial charge is 0.491 e. The molecule has 0 spiro atoms. The van der Waals surface area contributed by atoms with Crippen molar-refractivity contribution in [1.82, 2.24) is 0 Å². The molecule has 216 valence electrons. The molecule has 0 aliphatic carbocycles. The van der Waals surface area contributed by atoms with Crippen molar-refractivity contribution in [1.29, 1.82) is 0 Å². The van der Waals surface area contributed by atoms with Crippen LogP contribution in [0.3, 0.4) is 0 Å². The third kappa shape index (κ3) is 11.2. The van der Waals surface area contributed by atoms with Gasteiger partial charge in [-0.25, -0.2) is 4.79 Å². The average molecular weight is 543 g/mol. The summed E-state index contributed by atoms with van der Waals surface area (Å²) in [6.45, 7) is 8.96. The quantitative estimate of drug-likeness (QED) is 0.0911. The lowest BCUT2D eigenvalue weighted by Crippen LogP contribution is -2.12. The van der Waals surface area contributed by atoms with Crippen LogP contribution in [0.5, 0.6) is 11.5 Å². The Hall–Kier alpha value is -3.07. The monoisotopic (exact) mass is 542 g/mol. The summed E-state index contributed by atoms with van der Waals surface area (Å²) in [6.07, 6.45) is 15.2. The van der Waals surface area contributed by atoms with Gasteiger partial charge in [0.15, 0.2) is 0 Å². The maximum absolute atomic E-state index is 12.7. The summed E-state index contributed by atoms with van der Waals surface area (Å²) in [5.41, 5.74) is 4.19. The molecule has 0 bridgehead atoms. The highest BCUT2D eigenvalue weighted by Crippen LogP contribution is 2.25. The van der Waals surface area contributed by atoms with Crippen LogP contribution < -0.4 is 9.47 Å². The number of carbonyl (C=O) groups excluding carboxylic acids is 1. The molecule has 3 nitrogen and oxygen atoms in total. The molecule has 0 radical (unpaired) electrons. The van der Waals surface area contributed by atoms with Crippen LogP contribution in [0.25, 0.3) is 11.1 Å². The Morgan fingerprint density at radius 1 is 0.650 bits per heavy atom. The molecule has 3 rings (SSSR count). The Kier molecular flexibility index (Phi) is 13.8. The smallest absolute Gasteiger partial charge is 0.343 e. The first kappa shape index (κ1) is 31.5. The molecule has 0 saturated carbocycles. The van der Waals surface area contributed by atoms with Gasteiger partial charge in [0.05, 0.1) is 11.7 Å². The lowest BCUT2D eigenvalue weighted by atomic mass is 9.98. The molecule has 0 amide bonds. The molecule has 0 aliphatic rings. The third-order valence-corrected chi connectivity index (χ3v) is 7.85. The summed E-state index contributed by atoms with van der Waals surface area (Å²) < 4.78 is 11.6. The SMILES string of the molecule is CCCCCC[C@@H](C)Oc1ccc(C(=O)Oc2ccc(-c3ccc(CCCCCC[C@@H](C)CC)cc3)cc2)cc1. The lowest BCUT2D eigenvalue weighted by molar-refractivity contribution is 0.0734. The zero-order valence-electron chi connectivity index (χ0n) is 25.3. The van der Waals surface area contributed by atoms with E-state index < -0.39 is 0 Å². The number of carbonyl (C=O) groups is 1. The van der Waals surface area contributed by atoms with Crippen LogP contribution >= 0.6 is 0 Å². The second-order valence-electron chi connectivity index (χ2n) is 11.4. The van der Waals surface area contributed by atoms with E-state index in [2.05, 4.69) is 52.0 Å². The van der Waals surface area contributed by atoms with E-state index in [0.717, 1.165) is 30.1 Å². The molecule has 0 heterocycles. The highest BCUT2D eigenvalue weighted by molar-refractivity contribution is 5.91. The van der Waals surface area contributed by atoms with Crippen LogP contribution in [0.2, 0.25) is 0 Å². The Balaban J connectivity index is 1.42. The molecule has 3 heteroatoms. The fourth-order valence-electron chi connectivity index (χ4n) is 4.94. The number of unbranched alkanes of at least 4 members (excludes halogenated alkanes) is 6. The molecule has 0 unspecified atom stereocenters. The summed E-state index contributed by atoms with van der Waals surface area (Å²) in [5, 5.41) is 0. The van der Waals surface area contributed by atoms with Crippen LogP contribution in [0.4, 0.5) is 0 Å². The van der Waals surface area contributed by atoms with Crippen LogP contribution in [-0.4, -0.2) is 12.1 Å². The van der Waals surface area contributed by atoms with Crippen LogP contribution in [0.1, 0.15) is 114 Å². The zero-order chi connectivity index (χ0) is 28.6. The van der Waals surface area contributed by atoms with Crippen LogP contribution in [-0.2, 0) is 6.42 Å². The number of hydrogen-bond acceptors (Lipinski definition) is 3. The molecule has 0 aliphatic heterocycles. The van der Waals surface area contributed by atoms with E-state index in [9.17, 15) is 4.79 Å². The van der Waals surface area contributed by atoms with E-state index in [0.29, 0.717) is 11.3 Å². The molecular weight excluding hydrogens is 492 g/mol.